The molecule has 0 amide bonds. The van der Waals surface area contributed by atoms with E-state index in [2.05, 4.69) is 12.6 Å². The van der Waals surface area contributed by atoms with Crippen LogP contribution in [0.4, 0.5) is 0 Å². The summed E-state index contributed by atoms with van der Waals surface area (Å²) in [5.41, 5.74) is 0.932. The second-order valence-corrected chi connectivity index (χ2v) is 2.77. The fourth-order valence-electron chi connectivity index (χ4n) is 0.710. The Kier molecular flexibility index (Phi) is 1.85. The molecule has 54 valence electrons. The molecule has 0 fully saturated rings. The van der Waals surface area contributed by atoms with Gasteiger partial charge in [0, 0.05) is 24.2 Å². The van der Waals surface area contributed by atoms with Crippen LogP contribution in [0, 0.1) is 6.92 Å². The first-order valence-corrected chi connectivity index (χ1v) is 3.42. The maximum absolute atomic E-state index is 10.9. The summed E-state index contributed by atoms with van der Waals surface area (Å²) in [5, 5.41) is 0. The SMILES string of the molecule is Cc1cc(=O)n(C)cc1S. The predicted octanol–water partition coefficient (Wildman–Crippen LogP) is 0.982. The van der Waals surface area contributed by atoms with Crippen LogP contribution in [0.3, 0.4) is 0 Å². The standard InChI is InChI=1S/C7H9NOS/c1-5-3-7(9)8(2)4-6(5)10/h3-4,10H,1-2H3. The zero-order chi connectivity index (χ0) is 7.72. The highest BCUT2D eigenvalue weighted by Gasteiger charge is 1.94. The van der Waals surface area contributed by atoms with Crippen LogP contribution in [-0.2, 0) is 7.05 Å². The van der Waals surface area contributed by atoms with E-state index in [1.807, 2.05) is 6.92 Å². The summed E-state index contributed by atoms with van der Waals surface area (Å²) < 4.78 is 1.51. The Morgan fingerprint density at radius 1 is 1.60 bits per heavy atom. The molecule has 0 unspecified atom stereocenters. The van der Waals surface area contributed by atoms with Crippen molar-refractivity contribution in [3.05, 3.63) is 28.2 Å². The number of aromatic nitrogens is 1. The Morgan fingerprint density at radius 3 is 2.70 bits per heavy atom. The Labute approximate surface area is 64.9 Å². The number of aryl methyl sites for hydroxylation is 2. The number of hydrogen-bond acceptors (Lipinski definition) is 2. The summed E-state index contributed by atoms with van der Waals surface area (Å²) in [6.45, 7) is 1.86. The van der Waals surface area contributed by atoms with Gasteiger partial charge in [-0.2, -0.15) is 0 Å². The minimum Gasteiger partial charge on any atom is -0.317 e. The van der Waals surface area contributed by atoms with Crippen molar-refractivity contribution in [2.24, 2.45) is 7.05 Å². The lowest BCUT2D eigenvalue weighted by Crippen LogP contribution is -2.14. The molecule has 0 aliphatic heterocycles. The Bertz CT molecular complexity index is 303. The molecule has 0 aliphatic rings. The summed E-state index contributed by atoms with van der Waals surface area (Å²) in [6, 6.07) is 1.57. The minimum atomic E-state index is 0.00954. The number of nitrogens with zero attached hydrogens (tertiary/aromatic N) is 1. The summed E-state index contributed by atoms with van der Waals surface area (Å²) in [5.74, 6) is 0. The van der Waals surface area contributed by atoms with Crippen molar-refractivity contribution in [2.75, 3.05) is 0 Å². The third-order valence-electron chi connectivity index (χ3n) is 1.41. The smallest absolute Gasteiger partial charge is 0.250 e. The van der Waals surface area contributed by atoms with Crippen LogP contribution in [0.15, 0.2) is 22.0 Å². The molecule has 1 aromatic heterocycles. The highest BCUT2D eigenvalue weighted by atomic mass is 32.1. The number of thiol groups is 1. The van der Waals surface area contributed by atoms with Gasteiger partial charge in [0.2, 0.25) is 0 Å². The summed E-state index contributed by atoms with van der Waals surface area (Å²) in [7, 11) is 1.71. The van der Waals surface area contributed by atoms with Gasteiger partial charge in [-0.3, -0.25) is 4.79 Å². The molecule has 1 heterocycles. The third-order valence-corrected chi connectivity index (χ3v) is 1.88. The van der Waals surface area contributed by atoms with Gasteiger partial charge >= 0.3 is 0 Å². The molecule has 0 saturated heterocycles. The summed E-state index contributed by atoms with van der Waals surface area (Å²) >= 11 is 4.16. The second kappa shape index (κ2) is 2.50. The van der Waals surface area contributed by atoms with Gasteiger partial charge in [0.25, 0.3) is 5.56 Å². The molecule has 2 nitrogen and oxygen atoms in total. The largest absolute Gasteiger partial charge is 0.317 e. The van der Waals surface area contributed by atoms with Crippen molar-refractivity contribution < 1.29 is 0 Å². The highest BCUT2D eigenvalue weighted by molar-refractivity contribution is 7.80. The Hall–Kier alpha value is -0.700. The maximum atomic E-state index is 10.9. The van der Waals surface area contributed by atoms with Crippen LogP contribution in [-0.4, -0.2) is 4.57 Å². The fraction of sp³-hybridized carbons (Fsp3) is 0.286. The van der Waals surface area contributed by atoms with Crippen LogP contribution in [0.25, 0.3) is 0 Å². The van der Waals surface area contributed by atoms with Crippen molar-refractivity contribution >= 4 is 12.6 Å². The fourth-order valence-corrected chi connectivity index (χ4v) is 0.948. The molecule has 0 atom stereocenters. The topological polar surface area (TPSA) is 22.0 Å². The van der Waals surface area contributed by atoms with Crippen molar-refractivity contribution in [3.8, 4) is 0 Å². The third kappa shape index (κ3) is 1.24. The number of pyridine rings is 1. The van der Waals surface area contributed by atoms with E-state index in [-0.39, 0.29) is 5.56 Å². The molecule has 0 saturated carbocycles. The predicted molar refractivity (Wildman–Crippen MR) is 43.7 cm³/mol. The highest BCUT2D eigenvalue weighted by Crippen LogP contribution is 2.07. The normalized spacial score (nSPS) is 9.90. The van der Waals surface area contributed by atoms with Crippen LogP contribution in [0.1, 0.15) is 5.56 Å². The average Bonchev–Trinajstić information content (AvgIpc) is 1.84. The van der Waals surface area contributed by atoms with E-state index in [4.69, 9.17) is 0 Å². The van der Waals surface area contributed by atoms with Crippen LogP contribution < -0.4 is 5.56 Å². The summed E-state index contributed by atoms with van der Waals surface area (Å²) in [6.07, 6.45) is 1.71. The first-order chi connectivity index (χ1) is 4.61. The van der Waals surface area contributed by atoms with E-state index in [1.54, 1.807) is 19.3 Å². The zero-order valence-electron chi connectivity index (χ0n) is 5.96. The maximum Gasteiger partial charge on any atom is 0.250 e. The van der Waals surface area contributed by atoms with E-state index in [9.17, 15) is 4.79 Å². The minimum absolute atomic E-state index is 0.00954. The molecule has 0 aliphatic carbocycles. The first kappa shape index (κ1) is 7.41. The lowest BCUT2D eigenvalue weighted by Gasteiger charge is -1.99. The van der Waals surface area contributed by atoms with Crippen LogP contribution in [0.2, 0.25) is 0 Å². The zero-order valence-corrected chi connectivity index (χ0v) is 6.85. The van der Waals surface area contributed by atoms with E-state index in [0.717, 1.165) is 10.5 Å². The van der Waals surface area contributed by atoms with Gasteiger partial charge in [-0.25, -0.2) is 0 Å². The Balaban J connectivity index is 3.43. The van der Waals surface area contributed by atoms with Gasteiger partial charge in [0.05, 0.1) is 0 Å². The van der Waals surface area contributed by atoms with E-state index < -0.39 is 0 Å². The molecule has 0 bridgehead atoms. The molecule has 0 spiro atoms. The number of rotatable bonds is 0. The molecule has 1 aromatic rings. The Morgan fingerprint density at radius 2 is 2.20 bits per heavy atom. The lowest BCUT2D eigenvalue weighted by atomic mass is 10.3. The van der Waals surface area contributed by atoms with Crippen LogP contribution >= 0.6 is 12.6 Å². The molecule has 0 aromatic carbocycles. The molecule has 3 heteroatoms. The molecule has 10 heavy (non-hydrogen) atoms. The molecular formula is C7H9NOS. The van der Waals surface area contributed by atoms with Gasteiger partial charge in [-0.15, -0.1) is 12.6 Å². The molecule has 0 N–H and O–H groups in total. The van der Waals surface area contributed by atoms with Crippen LogP contribution in [0.5, 0.6) is 0 Å². The quantitative estimate of drug-likeness (QED) is 0.554. The van der Waals surface area contributed by atoms with Gasteiger partial charge in [0.1, 0.15) is 0 Å². The summed E-state index contributed by atoms with van der Waals surface area (Å²) in [4.78, 5) is 11.8. The van der Waals surface area contributed by atoms with Gasteiger partial charge in [-0.1, -0.05) is 0 Å². The van der Waals surface area contributed by atoms with E-state index in [0.29, 0.717) is 0 Å². The second-order valence-electron chi connectivity index (χ2n) is 2.29. The van der Waals surface area contributed by atoms with Gasteiger partial charge < -0.3 is 4.57 Å². The number of hydrogen-bond donors (Lipinski definition) is 1. The van der Waals surface area contributed by atoms with Gasteiger partial charge in [-0.05, 0) is 12.5 Å². The first-order valence-electron chi connectivity index (χ1n) is 2.97. The molecule has 0 radical (unpaired) electrons. The molecular weight excluding hydrogens is 146 g/mol. The van der Waals surface area contributed by atoms with Crippen molar-refractivity contribution in [1.29, 1.82) is 0 Å². The van der Waals surface area contributed by atoms with E-state index >= 15 is 0 Å². The van der Waals surface area contributed by atoms with Crippen molar-refractivity contribution in [1.82, 2.24) is 4.57 Å². The van der Waals surface area contributed by atoms with E-state index in [1.165, 1.54) is 4.57 Å². The monoisotopic (exact) mass is 155 g/mol. The van der Waals surface area contributed by atoms with Gasteiger partial charge in [0.15, 0.2) is 0 Å². The lowest BCUT2D eigenvalue weighted by molar-refractivity contribution is 0.833. The average molecular weight is 155 g/mol. The molecule has 1 rings (SSSR count). The van der Waals surface area contributed by atoms with Crippen molar-refractivity contribution in [2.45, 2.75) is 11.8 Å². The van der Waals surface area contributed by atoms with Crippen molar-refractivity contribution in [3.63, 3.8) is 0 Å².